The van der Waals surface area contributed by atoms with E-state index in [1.807, 2.05) is 0 Å². The van der Waals surface area contributed by atoms with Gasteiger partial charge < -0.3 is 5.11 Å². The van der Waals surface area contributed by atoms with Crippen LogP contribution in [0.4, 0.5) is 0 Å². The van der Waals surface area contributed by atoms with Crippen molar-refractivity contribution in [3.8, 4) is 5.88 Å². The number of aromatic nitrogens is 2. The molecule has 4 rings (SSSR count). The van der Waals surface area contributed by atoms with Crippen LogP contribution in [0.2, 0.25) is 0 Å². The number of benzene rings is 2. The van der Waals surface area contributed by atoms with Gasteiger partial charge in [0, 0.05) is 5.41 Å². The minimum Gasteiger partial charge on any atom is -0.493 e. The fourth-order valence-corrected chi connectivity index (χ4v) is 4.90. The Morgan fingerprint density at radius 3 is 2.10 bits per heavy atom. The van der Waals surface area contributed by atoms with E-state index in [2.05, 4.69) is 89.0 Å². The number of hydrogen-bond donors (Lipinski definition) is 2. The molecule has 2 N–H and O–H groups in total. The molecule has 0 saturated heterocycles. The third-order valence-corrected chi connectivity index (χ3v) is 7.38. The number of aromatic amines is 1. The van der Waals surface area contributed by atoms with Gasteiger partial charge in [0.05, 0.1) is 12.7 Å². The van der Waals surface area contributed by atoms with Gasteiger partial charge in [-0.3, -0.25) is 9.55 Å². The van der Waals surface area contributed by atoms with Crippen molar-refractivity contribution in [2.75, 3.05) is 0 Å². The molecule has 164 valence electrons. The van der Waals surface area contributed by atoms with Crippen molar-refractivity contribution in [2.45, 2.75) is 77.2 Å². The molecule has 0 bridgehead atoms. The highest BCUT2D eigenvalue weighted by Crippen LogP contribution is 2.47. The highest BCUT2D eigenvalue weighted by atomic mass is 16.3. The lowest BCUT2D eigenvalue weighted by atomic mass is 9.62. The normalized spacial score (nSPS) is 17.4. The SMILES string of the molecule is CC1(C)CCC(C)(C)c2cc(C(C)(C)c3ccc(Cn4cc(O)[nH]c4=O)cc3)ccc21. The van der Waals surface area contributed by atoms with E-state index in [9.17, 15) is 9.90 Å². The molecule has 0 saturated carbocycles. The first-order chi connectivity index (χ1) is 14.4. The molecule has 0 unspecified atom stereocenters. The summed E-state index contributed by atoms with van der Waals surface area (Å²) in [6, 6.07) is 15.5. The molecular formula is C27H34N2O2. The van der Waals surface area contributed by atoms with Crippen LogP contribution in [0.15, 0.2) is 53.5 Å². The highest BCUT2D eigenvalue weighted by molar-refractivity contribution is 5.48. The summed E-state index contributed by atoms with van der Waals surface area (Å²) in [6.45, 7) is 14.4. The van der Waals surface area contributed by atoms with Crippen molar-refractivity contribution in [3.63, 3.8) is 0 Å². The van der Waals surface area contributed by atoms with Gasteiger partial charge in [-0.05, 0) is 51.5 Å². The van der Waals surface area contributed by atoms with Gasteiger partial charge in [-0.15, -0.1) is 0 Å². The number of nitrogens with zero attached hydrogens (tertiary/aromatic N) is 1. The summed E-state index contributed by atoms with van der Waals surface area (Å²) in [4.78, 5) is 14.2. The Morgan fingerprint density at radius 1 is 0.935 bits per heavy atom. The number of hydrogen-bond acceptors (Lipinski definition) is 2. The third-order valence-electron chi connectivity index (χ3n) is 7.38. The lowest BCUT2D eigenvalue weighted by molar-refractivity contribution is 0.331. The van der Waals surface area contributed by atoms with Crippen molar-refractivity contribution in [3.05, 3.63) is 87.0 Å². The third kappa shape index (κ3) is 3.84. The molecule has 1 heterocycles. The zero-order valence-electron chi connectivity index (χ0n) is 19.5. The summed E-state index contributed by atoms with van der Waals surface area (Å²) in [5, 5.41) is 9.47. The molecule has 4 heteroatoms. The number of nitrogens with one attached hydrogen (secondary N) is 1. The molecule has 3 aromatic rings. The van der Waals surface area contributed by atoms with Crippen LogP contribution in [-0.4, -0.2) is 14.7 Å². The van der Waals surface area contributed by atoms with Gasteiger partial charge in [0.1, 0.15) is 0 Å². The fourth-order valence-electron chi connectivity index (χ4n) is 4.90. The Balaban J connectivity index is 1.66. The predicted octanol–water partition coefficient (Wildman–Crippen LogP) is 5.61. The molecule has 2 aromatic carbocycles. The maximum absolute atomic E-state index is 11.8. The van der Waals surface area contributed by atoms with E-state index in [-0.39, 0.29) is 27.8 Å². The summed E-state index contributed by atoms with van der Waals surface area (Å²) in [6.07, 6.45) is 3.86. The van der Waals surface area contributed by atoms with Gasteiger partial charge in [0.25, 0.3) is 0 Å². The lowest BCUT2D eigenvalue weighted by Gasteiger charge is -2.43. The number of rotatable bonds is 4. The minimum atomic E-state index is -0.304. The molecule has 0 radical (unpaired) electrons. The number of H-pyrrole nitrogens is 1. The van der Waals surface area contributed by atoms with Gasteiger partial charge in [-0.2, -0.15) is 0 Å². The second-order valence-electron chi connectivity index (χ2n) is 10.9. The van der Waals surface area contributed by atoms with Crippen molar-refractivity contribution < 1.29 is 5.11 Å². The lowest BCUT2D eigenvalue weighted by Crippen LogP contribution is -2.34. The van der Waals surface area contributed by atoms with Gasteiger partial charge in [-0.1, -0.05) is 84.0 Å². The first-order valence-corrected chi connectivity index (χ1v) is 11.1. The largest absolute Gasteiger partial charge is 0.493 e. The number of fused-ring (bicyclic) bond motifs is 1. The van der Waals surface area contributed by atoms with Gasteiger partial charge >= 0.3 is 5.69 Å². The molecule has 0 aliphatic heterocycles. The maximum Gasteiger partial charge on any atom is 0.328 e. The quantitative estimate of drug-likeness (QED) is 0.579. The summed E-state index contributed by atoms with van der Waals surface area (Å²) in [5.41, 5.74) is 6.54. The standard InChI is InChI=1S/C27H34N2O2/c1-25(2)13-14-26(3,4)22-15-20(11-12-21(22)25)27(5,6)19-9-7-18(8-10-19)16-29-17-23(30)28-24(29)31/h7-12,15,17,30H,13-14,16H2,1-6H3,(H,28,31). The molecule has 31 heavy (non-hydrogen) atoms. The Hall–Kier alpha value is -2.75. The van der Waals surface area contributed by atoms with Gasteiger partial charge in [-0.25, -0.2) is 4.79 Å². The van der Waals surface area contributed by atoms with E-state index < -0.39 is 0 Å². The van der Waals surface area contributed by atoms with E-state index in [0.29, 0.717) is 6.54 Å². The van der Waals surface area contributed by atoms with E-state index in [1.54, 1.807) is 0 Å². The summed E-state index contributed by atoms with van der Waals surface area (Å²) < 4.78 is 1.47. The molecule has 1 aliphatic rings. The first-order valence-electron chi connectivity index (χ1n) is 11.1. The topological polar surface area (TPSA) is 58.0 Å². The molecule has 1 aliphatic carbocycles. The van der Waals surface area contributed by atoms with E-state index in [4.69, 9.17) is 0 Å². The second kappa shape index (κ2) is 7.15. The van der Waals surface area contributed by atoms with E-state index >= 15 is 0 Å². The van der Waals surface area contributed by atoms with Gasteiger partial charge in [0.2, 0.25) is 5.88 Å². The van der Waals surface area contributed by atoms with Crippen molar-refractivity contribution in [2.24, 2.45) is 0 Å². The predicted molar refractivity (Wildman–Crippen MR) is 126 cm³/mol. The first kappa shape index (κ1) is 21.5. The molecule has 0 spiro atoms. The monoisotopic (exact) mass is 418 g/mol. The van der Waals surface area contributed by atoms with Crippen molar-refractivity contribution >= 4 is 0 Å². The Bertz CT molecular complexity index is 1160. The number of imidazole rings is 1. The van der Waals surface area contributed by atoms with Crippen LogP contribution in [0, 0.1) is 0 Å². The smallest absolute Gasteiger partial charge is 0.328 e. The van der Waals surface area contributed by atoms with Crippen LogP contribution in [0.3, 0.4) is 0 Å². The van der Waals surface area contributed by atoms with Crippen LogP contribution < -0.4 is 5.69 Å². The van der Waals surface area contributed by atoms with E-state index in [1.165, 1.54) is 45.9 Å². The minimum absolute atomic E-state index is 0.110. The van der Waals surface area contributed by atoms with Crippen LogP contribution in [0.25, 0.3) is 0 Å². The van der Waals surface area contributed by atoms with Crippen LogP contribution in [0.5, 0.6) is 5.88 Å². The average Bonchev–Trinajstić information content (AvgIpc) is 3.02. The zero-order valence-corrected chi connectivity index (χ0v) is 19.5. The second-order valence-corrected chi connectivity index (χ2v) is 10.9. The summed E-state index contributed by atoms with van der Waals surface area (Å²) in [5.74, 6) is -0.110. The summed E-state index contributed by atoms with van der Waals surface area (Å²) in [7, 11) is 0. The van der Waals surface area contributed by atoms with Crippen LogP contribution in [0.1, 0.15) is 82.2 Å². The van der Waals surface area contributed by atoms with Crippen LogP contribution in [-0.2, 0) is 22.8 Å². The average molecular weight is 419 g/mol. The molecule has 0 amide bonds. The van der Waals surface area contributed by atoms with Crippen molar-refractivity contribution in [1.29, 1.82) is 0 Å². The zero-order chi connectivity index (χ0) is 22.6. The molecular weight excluding hydrogens is 384 g/mol. The maximum atomic E-state index is 11.8. The Morgan fingerprint density at radius 2 is 1.52 bits per heavy atom. The van der Waals surface area contributed by atoms with Crippen LogP contribution >= 0.6 is 0 Å². The van der Waals surface area contributed by atoms with Gasteiger partial charge in [0.15, 0.2) is 0 Å². The molecule has 1 aromatic heterocycles. The fraction of sp³-hybridized carbons (Fsp3) is 0.444. The Kier molecular flexibility index (Phi) is 4.95. The van der Waals surface area contributed by atoms with E-state index in [0.717, 1.165) is 5.56 Å². The Labute approximate surface area is 185 Å². The molecule has 0 atom stereocenters. The summed E-state index contributed by atoms with van der Waals surface area (Å²) >= 11 is 0. The highest BCUT2D eigenvalue weighted by Gasteiger charge is 2.38. The van der Waals surface area contributed by atoms with Crippen molar-refractivity contribution in [1.82, 2.24) is 9.55 Å². The molecule has 4 nitrogen and oxygen atoms in total. The molecule has 0 fully saturated rings. The number of aromatic hydroxyl groups is 1.